The maximum Gasteiger partial charge on any atom is 0.326 e. The van der Waals surface area contributed by atoms with Crippen molar-refractivity contribution in [3.63, 3.8) is 0 Å². The maximum atomic E-state index is 13.3. The van der Waals surface area contributed by atoms with Crippen LogP contribution in [0.4, 0.5) is 0 Å². The van der Waals surface area contributed by atoms with Crippen LogP contribution in [-0.4, -0.2) is 65.0 Å². The molecule has 5 atom stereocenters. The van der Waals surface area contributed by atoms with Crippen LogP contribution in [-0.2, 0) is 19.2 Å². The highest BCUT2D eigenvalue weighted by Gasteiger charge is 2.37. The molecule has 1 saturated heterocycles. The van der Waals surface area contributed by atoms with Crippen LogP contribution in [0, 0.1) is 17.3 Å². The Kier molecular flexibility index (Phi) is 11.3. The van der Waals surface area contributed by atoms with Gasteiger partial charge in [-0.15, -0.1) is 0 Å². The number of nitrogens with zero attached hydrogens (tertiary/aromatic N) is 1. The molecule has 0 aromatic carbocycles. The van der Waals surface area contributed by atoms with Crippen LogP contribution in [0.25, 0.3) is 0 Å². The van der Waals surface area contributed by atoms with Gasteiger partial charge in [0.25, 0.3) is 0 Å². The van der Waals surface area contributed by atoms with Crippen molar-refractivity contribution < 1.29 is 24.3 Å². The molecule has 1 rings (SSSR count). The zero-order chi connectivity index (χ0) is 25.3. The molecule has 0 bridgehead atoms. The topological polar surface area (TPSA) is 128 Å². The summed E-state index contributed by atoms with van der Waals surface area (Å²) in [4.78, 5) is 51.6. The van der Waals surface area contributed by atoms with Crippen LogP contribution in [0.3, 0.4) is 0 Å². The van der Waals surface area contributed by atoms with Gasteiger partial charge in [-0.2, -0.15) is 0 Å². The van der Waals surface area contributed by atoms with Crippen molar-refractivity contribution in [1.82, 2.24) is 20.9 Å². The Hall–Kier alpha value is -2.16. The Balaban J connectivity index is 3.03. The lowest BCUT2D eigenvalue weighted by molar-refractivity contribution is -0.143. The van der Waals surface area contributed by atoms with Crippen LogP contribution in [0.2, 0.25) is 0 Å². The van der Waals surface area contributed by atoms with E-state index in [1.54, 1.807) is 0 Å². The predicted molar refractivity (Wildman–Crippen MR) is 127 cm³/mol. The van der Waals surface area contributed by atoms with E-state index in [-0.39, 0.29) is 23.4 Å². The molecule has 0 spiro atoms. The monoisotopic (exact) mass is 468 g/mol. The van der Waals surface area contributed by atoms with E-state index in [1.807, 2.05) is 48.5 Å². The first-order valence-corrected chi connectivity index (χ1v) is 12.1. The standard InChI is InChI=1S/C24H44N4O5/c1-8-16(4)19(21(30)26-17(23(32)33)11-12-24(5,6)7)27-22(31)20(15(2)3)28(14-29)18-10-9-13-25-18/h14-20,25H,8-13H2,1-7H3,(H,26,30)(H,27,31)(H,32,33)/t16-,17-,18-,19-,20-/m0/s1. The Morgan fingerprint density at radius 3 is 2.21 bits per heavy atom. The molecule has 0 saturated carbocycles. The van der Waals surface area contributed by atoms with Crippen molar-refractivity contribution in [2.75, 3.05) is 6.54 Å². The summed E-state index contributed by atoms with van der Waals surface area (Å²) >= 11 is 0. The number of hydrogen-bond acceptors (Lipinski definition) is 5. The highest BCUT2D eigenvalue weighted by Crippen LogP contribution is 2.22. The normalized spacial score (nSPS) is 19.9. The lowest BCUT2D eigenvalue weighted by Gasteiger charge is -2.36. The minimum atomic E-state index is -1.10. The zero-order valence-corrected chi connectivity index (χ0v) is 21.3. The number of amides is 3. The van der Waals surface area contributed by atoms with Crippen molar-refractivity contribution >= 4 is 24.2 Å². The van der Waals surface area contributed by atoms with Crippen molar-refractivity contribution in [3.05, 3.63) is 0 Å². The van der Waals surface area contributed by atoms with E-state index in [9.17, 15) is 24.3 Å². The number of hydrogen-bond donors (Lipinski definition) is 4. The summed E-state index contributed by atoms with van der Waals surface area (Å²) in [6.45, 7) is 14.3. The maximum absolute atomic E-state index is 13.3. The van der Waals surface area contributed by atoms with Crippen LogP contribution in [0.15, 0.2) is 0 Å². The molecule has 9 heteroatoms. The van der Waals surface area contributed by atoms with Gasteiger partial charge in [-0.3, -0.25) is 19.7 Å². The molecule has 0 aromatic rings. The highest BCUT2D eigenvalue weighted by molar-refractivity contribution is 5.92. The largest absolute Gasteiger partial charge is 0.480 e. The molecule has 190 valence electrons. The molecule has 1 aliphatic heterocycles. The van der Waals surface area contributed by atoms with Crippen LogP contribution in [0.5, 0.6) is 0 Å². The van der Waals surface area contributed by atoms with E-state index >= 15 is 0 Å². The van der Waals surface area contributed by atoms with E-state index in [1.165, 1.54) is 4.90 Å². The van der Waals surface area contributed by atoms with Crippen molar-refractivity contribution in [1.29, 1.82) is 0 Å². The van der Waals surface area contributed by atoms with Gasteiger partial charge in [0.15, 0.2) is 0 Å². The summed E-state index contributed by atoms with van der Waals surface area (Å²) in [5.41, 5.74) is -0.0696. The molecule has 0 unspecified atom stereocenters. The molecule has 1 aliphatic rings. The first-order chi connectivity index (χ1) is 15.3. The second-order valence-electron chi connectivity index (χ2n) is 10.7. The third kappa shape index (κ3) is 8.95. The van der Waals surface area contributed by atoms with Crippen LogP contribution < -0.4 is 16.0 Å². The van der Waals surface area contributed by atoms with E-state index < -0.39 is 35.9 Å². The molecule has 33 heavy (non-hydrogen) atoms. The van der Waals surface area contributed by atoms with Gasteiger partial charge in [0.2, 0.25) is 18.2 Å². The Labute approximate surface area is 198 Å². The number of nitrogens with one attached hydrogen (secondary N) is 3. The molecular weight excluding hydrogens is 424 g/mol. The molecule has 0 aromatic heterocycles. The Bertz CT molecular complexity index is 670. The smallest absolute Gasteiger partial charge is 0.326 e. The lowest BCUT2D eigenvalue weighted by Crippen LogP contribution is -2.60. The quantitative estimate of drug-likeness (QED) is 0.307. The van der Waals surface area contributed by atoms with E-state index in [2.05, 4.69) is 16.0 Å². The minimum absolute atomic E-state index is 0.0696. The molecule has 0 radical (unpaired) electrons. The van der Waals surface area contributed by atoms with Gasteiger partial charge in [-0.1, -0.05) is 54.9 Å². The van der Waals surface area contributed by atoms with Gasteiger partial charge >= 0.3 is 5.97 Å². The third-order valence-corrected chi connectivity index (χ3v) is 6.33. The fraction of sp³-hybridized carbons (Fsp3) is 0.833. The van der Waals surface area contributed by atoms with Gasteiger partial charge in [0.1, 0.15) is 18.1 Å². The SMILES string of the molecule is CC[C@H](C)[C@H](NC(=O)[C@H](C(C)C)N(C=O)[C@H]1CCCN1)C(=O)N[C@@H](CCC(C)(C)C)C(=O)O. The summed E-state index contributed by atoms with van der Waals surface area (Å²) in [6, 6.07) is -2.67. The molecule has 4 N–H and O–H groups in total. The average molecular weight is 469 g/mol. The number of carbonyl (C=O) groups is 4. The van der Waals surface area contributed by atoms with Crippen LogP contribution in [0.1, 0.15) is 80.6 Å². The first-order valence-electron chi connectivity index (χ1n) is 12.1. The molecular formula is C24H44N4O5. The van der Waals surface area contributed by atoms with E-state index in [0.29, 0.717) is 25.7 Å². The van der Waals surface area contributed by atoms with Gasteiger partial charge in [0, 0.05) is 0 Å². The zero-order valence-electron chi connectivity index (χ0n) is 21.3. The average Bonchev–Trinajstić information content (AvgIpc) is 3.25. The summed E-state index contributed by atoms with van der Waals surface area (Å²) in [6.07, 6.45) is 3.70. The van der Waals surface area contributed by atoms with E-state index in [4.69, 9.17) is 0 Å². The van der Waals surface area contributed by atoms with Crippen LogP contribution >= 0.6 is 0 Å². The fourth-order valence-corrected chi connectivity index (χ4v) is 4.07. The fourth-order valence-electron chi connectivity index (χ4n) is 4.07. The van der Waals surface area contributed by atoms with Gasteiger partial charge in [0.05, 0.1) is 6.17 Å². The molecule has 3 amide bonds. The summed E-state index contributed by atoms with van der Waals surface area (Å²) in [5, 5.41) is 18.3. The molecule has 0 aliphatic carbocycles. The first kappa shape index (κ1) is 28.9. The van der Waals surface area contributed by atoms with Crippen molar-refractivity contribution in [2.45, 2.75) is 105 Å². The minimum Gasteiger partial charge on any atom is -0.480 e. The molecule has 1 fully saturated rings. The Morgan fingerprint density at radius 2 is 1.79 bits per heavy atom. The predicted octanol–water partition coefficient (Wildman–Crippen LogP) is 2.11. The third-order valence-electron chi connectivity index (χ3n) is 6.33. The van der Waals surface area contributed by atoms with E-state index in [0.717, 1.165) is 19.4 Å². The van der Waals surface area contributed by atoms with Gasteiger partial charge < -0.3 is 20.6 Å². The second kappa shape index (κ2) is 12.9. The summed E-state index contributed by atoms with van der Waals surface area (Å²) in [5.74, 6) is -2.41. The number of rotatable bonds is 13. The van der Waals surface area contributed by atoms with Crippen molar-refractivity contribution in [2.24, 2.45) is 17.3 Å². The summed E-state index contributed by atoms with van der Waals surface area (Å²) in [7, 11) is 0. The van der Waals surface area contributed by atoms with Crippen molar-refractivity contribution in [3.8, 4) is 0 Å². The second-order valence-corrected chi connectivity index (χ2v) is 10.7. The van der Waals surface area contributed by atoms with Gasteiger partial charge in [-0.05, 0) is 49.5 Å². The molecule has 1 heterocycles. The highest BCUT2D eigenvalue weighted by atomic mass is 16.4. The molecule has 9 nitrogen and oxygen atoms in total. The number of aliphatic carboxylic acids is 1. The number of carboxylic acids is 1. The Morgan fingerprint density at radius 1 is 1.15 bits per heavy atom. The number of carboxylic acid groups (broad SMARTS) is 1. The number of carbonyl (C=O) groups excluding carboxylic acids is 3. The summed E-state index contributed by atoms with van der Waals surface area (Å²) < 4.78 is 0. The van der Waals surface area contributed by atoms with Gasteiger partial charge in [-0.25, -0.2) is 4.79 Å². The lowest BCUT2D eigenvalue weighted by atomic mass is 9.88.